The molecule has 0 bridgehead atoms. The smallest absolute Gasteiger partial charge is 0.256 e. The molecule has 158 valence electrons. The number of aromatic nitrogens is 2. The van der Waals surface area contributed by atoms with Crippen molar-refractivity contribution in [1.29, 1.82) is 0 Å². The first-order valence-electron chi connectivity index (χ1n) is 9.01. The van der Waals surface area contributed by atoms with Gasteiger partial charge in [-0.1, -0.05) is 12.1 Å². The van der Waals surface area contributed by atoms with E-state index >= 15 is 0 Å². The monoisotopic (exact) mass is 440 g/mol. The van der Waals surface area contributed by atoms with Gasteiger partial charge < -0.3 is 20.9 Å². The van der Waals surface area contributed by atoms with E-state index in [1.165, 1.54) is 19.3 Å². The molecule has 29 heavy (non-hydrogen) atoms. The fourth-order valence-corrected chi connectivity index (χ4v) is 3.83. The lowest BCUT2D eigenvalue weighted by Gasteiger charge is -2.21. The van der Waals surface area contributed by atoms with Crippen LogP contribution in [0.3, 0.4) is 0 Å². The maximum absolute atomic E-state index is 12.3. The molecule has 1 aliphatic rings. The molecule has 11 heteroatoms. The third kappa shape index (κ3) is 5.55. The molecule has 3 rings (SSSR count). The van der Waals surface area contributed by atoms with Crippen molar-refractivity contribution in [3.8, 4) is 0 Å². The van der Waals surface area contributed by atoms with Gasteiger partial charge in [0, 0.05) is 39.1 Å². The highest BCUT2D eigenvalue weighted by Crippen LogP contribution is 2.26. The molecule has 1 saturated heterocycles. The number of rotatable bonds is 5. The lowest BCUT2D eigenvalue weighted by atomic mass is 10.2. The number of carbonyl (C=O) groups is 1. The molecular formula is C18H25ClN6O3S. The third-order valence-corrected chi connectivity index (χ3v) is 5.57. The van der Waals surface area contributed by atoms with Crippen LogP contribution in [0.2, 0.25) is 0 Å². The Morgan fingerprint density at radius 3 is 2.69 bits per heavy atom. The van der Waals surface area contributed by atoms with Crippen molar-refractivity contribution in [3.05, 3.63) is 36.0 Å². The van der Waals surface area contributed by atoms with Crippen molar-refractivity contribution in [1.82, 2.24) is 20.6 Å². The number of nitrogens with one attached hydrogen (secondary N) is 3. The van der Waals surface area contributed by atoms with E-state index in [0.717, 1.165) is 38.9 Å². The highest BCUT2D eigenvalue weighted by atomic mass is 35.5. The second-order valence-electron chi connectivity index (χ2n) is 6.50. The van der Waals surface area contributed by atoms with Gasteiger partial charge in [0.25, 0.3) is 5.91 Å². The van der Waals surface area contributed by atoms with Crippen LogP contribution in [-0.2, 0) is 9.84 Å². The Labute approximate surface area is 176 Å². The summed E-state index contributed by atoms with van der Waals surface area (Å²) in [7, 11) is -1.93. The molecule has 2 heterocycles. The molecule has 3 N–H and O–H groups in total. The minimum Gasteiger partial charge on any atom is -0.355 e. The SMILES string of the molecule is CNC(=O)c1cnc(N2CCCNCC2)nc1Nc1ccccc1S(C)(=O)=O.Cl. The highest BCUT2D eigenvalue weighted by molar-refractivity contribution is 7.90. The number of anilines is 3. The summed E-state index contributed by atoms with van der Waals surface area (Å²) in [5, 5.41) is 8.91. The van der Waals surface area contributed by atoms with Gasteiger partial charge >= 0.3 is 0 Å². The summed E-state index contributed by atoms with van der Waals surface area (Å²) in [4.78, 5) is 23.4. The number of nitrogens with zero attached hydrogens (tertiary/aromatic N) is 3. The van der Waals surface area contributed by atoms with Crippen molar-refractivity contribution in [3.63, 3.8) is 0 Å². The Morgan fingerprint density at radius 1 is 1.21 bits per heavy atom. The minimum atomic E-state index is -3.45. The van der Waals surface area contributed by atoms with Crippen molar-refractivity contribution in [2.45, 2.75) is 11.3 Å². The second-order valence-corrected chi connectivity index (χ2v) is 8.48. The standard InChI is InChI=1S/C18H24N6O3S.ClH/c1-19-17(25)13-12-21-18(24-10-5-8-20-9-11-24)23-16(13)22-14-6-3-4-7-15(14)28(2,26)27;/h3-4,6-7,12,20H,5,8-11H2,1-2H3,(H,19,25)(H,21,22,23);1H. The lowest BCUT2D eigenvalue weighted by molar-refractivity contribution is 0.0963. The number of carbonyl (C=O) groups excluding carboxylic acids is 1. The van der Waals surface area contributed by atoms with E-state index in [9.17, 15) is 13.2 Å². The van der Waals surface area contributed by atoms with Gasteiger partial charge in [0.05, 0.1) is 10.6 Å². The van der Waals surface area contributed by atoms with Crippen LogP contribution in [0.25, 0.3) is 0 Å². The van der Waals surface area contributed by atoms with E-state index in [4.69, 9.17) is 0 Å². The third-order valence-electron chi connectivity index (χ3n) is 4.41. The van der Waals surface area contributed by atoms with Gasteiger partial charge in [0.1, 0.15) is 11.4 Å². The molecule has 1 aromatic heterocycles. The van der Waals surface area contributed by atoms with E-state index < -0.39 is 9.84 Å². The van der Waals surface area contributed by atoms with Gasteiger partial charge in [-0.3, -0.25) is 4.79 Å². The van der Waals surface area contributed by atoms with E-state index in [-0.39, 0.29) is 34.6 Å². The molecule has 1 aliphatic heterocycles. The van der Waals surface area contributed by atoms with Gasteiger partial charge in [0.2, 0.25) is 5.95 Å². The average molecular weight is 441 g/mol. The number of halogens is 1. The Morgan fingerprint density at radius 2 is 1.97 bits per heavy atom. The Kier molecular flexibility index (Phi) is 7.77. The molecule has 0 aliphatic carbocycles. The van der Waals surface area contributed by atoms with Gasteiger partial charge in [-0.05, 0) is 25.1 Å². The Balaban J connectivity index is 0.00000300. The molecule has 1 amide bonds. The van der Waals surface area contributed by atoms with E-state index in [2.05, 4.69) is 25.9 Å². The fraction of sp³-hybridized carbons (Fsp3) is 0.389. The van der Waals surface area contributed by atoms with Crippen molar-refractivity contribution < 1.29 is 13.2 Å². The number of hydrogen-bond acceptors (Lipinski definition) is 8. The van der Waals surface area contributed by atoms with Gasteiger partial charge in [0.15, 0.2) is 9.84 Å². The molecular weight excluding hydrogens is 416 g/mol. The van der Waals surface area contributed by atoms with E-state index in [1.807, 2.05) is 4.90 Å². The number of amides is 1. The molecule has 0 radical (unpaired) electrons. The summed E-state index contributed by atoms with van der Waals surface area (Å²) in [6, 6.07) is 6.53. The minimum absolute atomic E-state index is 0. The molecule has 0 spiro atoms. The van der Waals surface area contributed by atoms with Gasteiger partial charge in [-0.15, -0.1) is 12.4 Å². The average Bonchev–Trinajstić information content (AvgIpc) is 2.96. The van der Waals surface area contributed by atoms with Crippen molar-refractivity contribution in [2.75, 3.05) is 49.7 Å². The zero-order valence-electron chi connectivity index (χ0n) is 16.3. The van der Waals surface area contributed by atoms with Crippen LogP contribution in [0, 0.1) is 0 Å². The summed E-state index contributed by atoms with van der Waals surface area (Å²) >= 11 is 0. The molecule has 0 unspecified atom stereocenters. The molecule has 2 aromatic rings. The maximum atomic E-state index is 12.3. The van der Waals surface area contributed by atoms with Crippen LogP contribution in [0.15, 0.2) is 35.4 Å². The summed E-state index contributed by atoms with van der Waals surface area (Å²) in [6.45, 7) is 3.30. The van der Waals surface area contributed by atoms with Crippen LogP contribution >= 0.6 is 12.4 Å². The number of sulfone groups is 1. The van der Waals surface area contributed by atoms with Gasteiger partial charge in [-0.2, -0.15) is 4.98 Å². The lowest BCUT2D eigenvalue weighted by Crippen LogP contribution is -2.30. The molecule has 1 fully saturated rings. The maximum Gasteiger partial charge on any atom is 0.256 e. The first-order chi connectivity index (χ1) is 13.4. The number of benzene rings is 1. The number of hydrogen-bond donors (Lipinski definition) is 3. The first kappa shape index (κ1) is 22.9. The molecule has 0 atom stereocenters. The summed E-state index contributed by atoms with van der Waals surface area (Å²) < 4.78 is 24.2. The van der Waals surface area contributed by atoms with Crippen molar-refractivity contribution >= 4 is 45.6 Å². The van der Waals surface area contributed by atoms with Crippen LogP contribution in [0.4, 0.5) is 17.5 Å². The van der Waals surface area contributed by atoms with Crippen molar-refractivity contribution in [2.24, 2.45) is 0 Å². The fourth-order valence-electron chi connectivity index (χ4n) is 2.99. The molecule has 0 saturated carbocycles. The first-order valence-corrected chi connectivity index (χ1v) is 10.9. The van der Waals surface area contributed by atoms with Crippen LogP contribution < -0.4 is 20.9 Å². The zero-order chi connectivity index (χ0) is 20.1. The Hall–Kier alpha value is -2.43. The second kappa shape index (κ2) is 9.86. The van der Waals surface area contributed by atoms with Crippen LogP contribution in [0.1, 0.15) is 16.8 Å². The molecule has 1 aromatic carbocycles. The summed E-state index contributed by atoms with van der Waals surface area (Å²) in [6.07, 6.45) is 3.56. The van der Waals surface area contributed by atoms with E-state index in [0.29, 0.717) is 11.6 Å². The predicted molar refractivity (Wildman–Crippen MR) is 115 cm³/mol. The highest BCUT2D eigenvalue weighted by Gasteiger charge is 2.20. The largest absolute Gasteiger partial charge is 0.355 e. The van der Waals surface area contributed by atoms with E-state index in [1.54, 1.807) is 18.2 Å². The Bertz CT molecular complexity index is 962. The number of para-hydroxylation sites is 1. The topological polar surface area (TPSA) is 116 Å². The van der Waals surface area contributed by atoms with Gasteiger partial charge in [-0.25, -0.2) is 13.4 Å². The normalized spacial score (nSPS) is 14.5. The summed E-state index contributed by atoms with van der Waals surface area (Å²) in [5.41, 5.74) is 0.597. The quantitative estimate of drug-likeness (QED) is 0.635. The molecule has 9 nitrogen and oxygen atoms in total. The summed E-state index contributed by atoms with van der Waals surface area (Å²) in [5.74, 6) is 0.400. The van der Waals surface area contributed by atoms with Crippen LogP contribution in [-0.4, -0.2) is 63.8 Å². The van der Waals surface area contributed by atoms with Crippen LogP contribution in [0.5, 0.6) is 0 Å². The zero-order valence-corrected chi connectivity index (χ0v) is 17.9. The predicted octanol–water partition coefficient (Wildman–Crippen LogP) is 1.20.